The number of fused-ring (bicyclic) bond motifs is 4. The average Bonchev–Trinajstić information content (AvgIpc) is 1.47. The van der Waals surface area contributed by atoms with Gasteiger partial charge in [0, 0.05) is 39.3 Å². The van der Waals surface area contributed by atoms with Crippen LogP contribution >= 0.6 is 0 Å². The highest BCUT2D eigenvalue weighted by Crippen LogP contribution is 2.53. The van der Waals surface area contributed by atoms with Gasteiger partial charge in [-0.05, 0) is 236 Å². The van der Waals surface area contributed by atoms with E-state index < -0.39 is 16.1 Å². The molecule has 15 aromatic rings. The van der Waals surface area contributed by atoms with Gasteiger partial charge in [0.1, 0.15) is 20.1 Å². The van der Waals surface area contributed by atoms with Crippen LogP contribution in [0.15, 0.2) is 386 Å². The average molecular weight is 1630 g/mol. The van der Waals surface area contributed by atoms with Crippen LogP contribution in [-0.2, 0) is 6.42 Å². The van der Waals surface area contributed by atoms with Crippen molar-refractivity contribution in [1.82, 2.24) is 4.57 Å². The topological polar surface area (TPSA) is 32.9 Å². The van der Waals surface area contributed by atoms with E-state index in [2.05, 4.69) is 386 Å². The molecule has 123 heavy (non-hydrogen) atoms. The molecule has 0 bridgehead atoms. The molecule has 0 saturated heterocycles. The van der Waals surface area contributed by atoms with Crippen LogP contribution in [0.5, 0.6) is 0 Å². The number of anilines is 3. The predicted molar refractivity (Wildman–Crippen MR) is 523 cm³/mol. The Morgan fingerprint density at radius 1 is 0.325 bits per heavy atom. The highest BCUT2D eigenvalue weighted by Gasteiger charge is 2.52. The molecule has 0 spiro atoms. The molecule has 0 amide bonds. The van der Waals surface area contributed by atoms with Gasteiger partial charge in [-0.25, -0.2) is 0 Å². The Kier molecular flexibility index (Phi) is 22.3. The summed E-state index contributed by atoms with van der Waals surface area (Å²) < 4.78 is 2.62. The van der Waals surface area contributed by atoms with Gasteiger partial charge in [-0.1, -0.05) is 396 Å². The minimum atomic E-state index is -2.73. The molecule has 14 aromatic carbocycles. The summed E-state index contributed by atoms with van der Waals surface area (Å²) in [5, 5.41) is 12.1. The molecule has 606 valence electrons. The van der Waals surface area contributed by atoms with Crippen molar-refractivity contribution in [3.63, 3.8) is 0 Å². The lowest BCUT2D eigenvalue weighted by Gasteiger charge is -2.49. The number of hydrogen-bond donors (Lipinski definition) is 0. The molecule has 4 fully saturated rings. The Morgan fingerprint density at radius 3 is 1.31 bits per heavy atom. The summed E-state index contributed by atoms with van der Waals surface area (Å²) >= 11 is 0. The quantitative estimate of drug-likeness (QED) is 0.0401. The summed E-state index contributed by atoms with van der Waals surface area (Å²) in [4.78, 5) is 13.0. The number of rotatable bonds is 21. The third kappa shape index (κ3) is 14.9. The van der Waals surface area contributed by atoms with Crippen molar-refractivity contribution in [2.45, 2.75) is 145 Å². The minimum absolute atomic E-state index is 0.390. The monoisotopic (exact) mass is 1630 g/mol. The van der Waals surface area contributed by atoms with E-state index >= 15 is 0 Å². The molecular formula is C117H110N4Si2. The summed E-state index contributed by atoms with van der Waals surface area (Å²) in [5.74, 6) is 2.19. The maximum Gasteiger partial charge on any atom is 0.179 e. The maximum absolute atomic E-state index is 5.32. The smallest absolute Gasteiger partial charge is 0.179 e. The molecule has 21 rings (SSSR count). The summed E-state index contributed by atoms with van der Waals surface area (Å²) in [6, 6.07) is 142. The van der Waals surface area contributed by atoms with Gasteiger partial charge in [0.2, 0.25) is 0 Å². The SMILES string of the molecule is C1=C(C2CCC([Si](c3ccccc3)(c3ccccc3)C3CCCCC3)CC2)CCc2c1c1cc(-c3ccc([Si](c4ccccc4)(c4ccccc4)c4ccccc4)cc3)ccc1n2-c1ccc(-c2ccc(N(c3ccc(-c4ccccc4)cc3)c3ccc(C4CCC(/C(=C(/c5ccccc5)C5CCCCC5)c5ccccc5)CC4)cc3)c3c2=NCN=3)cc1. The number of benzene rings is 14. The van der Waals surface area contributed by atoms with Crippen LogP contribution in [0, 0.1) is 17.8 Å². The Bertz CT molecular complexity index is 6230. The molecule has 0 N–H and O–H groups in total. The van der Waals surface area contributed by atoms with Gasteiger partial charge in [-0.2, -0.15) is 0 Å². The van der Waals surface area contributed by atoms with E-state index in [1.54, 1.807) is 27.1 Å². The second-order valence-electron chi connectivity index (χ2n) is 36.2. The summed E-state index contributed by atoms with van der Waals surface area (Å²) in [6.07, 6.45) is 28.1. The van der Waals surface area contributed by atoms with Gasteiger partial charge in [-0.15, -0.1) is 0 Å². The van der Waals surface area contributed by atoms with E-state index in [0.29, 0.717) is 30.3 Å². The van der Waals surface area contributed by atoms with E-state index in [1.165, 1.54) is 203 Å². The second kappa shape index (κ2) is 35.0. The number of nitrogens with zero attached hydrogens (tertiary/aromatic N) is 4. The number of hydrogen-bond acceptors (Lipinski definition) is 3. The first-order valence-electron chi connectivity index (χ1n) is 46.3. The lowest BCUT2D eigenvalue weighted by molar-refractivity contribution is 0.381. The molecule has 4 saturated carbocycles. The molecule has 0 atom stereocenters. The van der Waals surface area contributed by atoms with Gasteiger partial charge in [0.25, 0.3) is 0 Å². The Hall–Kier alpha value is -12.1. The Morgan fingerprint density at radius 2 is 0.756 bits per heavy atom. The molecule has 0 radical (unpaired) electrons. The fourth-order valence-electron chi connectivity index (χ4n) is 24.0. The van der Waals surface area contributed by atoms with Crippen molar-refractivity contribution < 1.29 is 0 Å². The minimum Gasteiger partial charge on any atom is -0.313 e. The molecule has 0 unspecified atom stereocenters. The highest BCUT2D eigenvalue weighted by atomic mass is 28.3. The highest BCUT2D eigenvalue weighted by molar-refractivity contribution is 7.20. The number of allylic oxidation sites excluding steroid dienone is 3. The largest absolute Gasteiger partial charge is 0.313 e. The van der Waals surface area contributed by atoms with Crippen LogP contribution < -0.4 is 46.7 Å². The van der Waals surface area contributed by atoms with E-state index in [-0.39, 0.29) is 0 Å². The van der Waals surface area contributed by atoms with Crippen LogP contribution in [-0.4, -0.2) is 27.4 Å². The third-order valence-corrected chi connectivity index (χ3v) is 40.8. The van der Waals surface area contributed by atoms with Crippen LogP contribution in [0.3, 0.4) is 0 Å². The molecular weight excluding hydrogens is 1520 g/mol. The van der Waals surface area contributed by atoms with E-state index in [0.717, 1.165) is 62.8 Å². The van der Waals surface area contributed by atoms with Crippen molar-refractivity contribution in [3.05, 3.63) is 414 Å². The summed E-state index contributed by atoms with van der Waals surface area (Å²) in [6.45, 7) is 0.390. The lowest BCUT2D eigenvalue weighted by Crippen LogP contribution is -2.74. The second-order valence-corrected chi connectivity index (χ2v) is 44.5. The molecule has 6 aliphatic rings. The first kappa shape index (κ1) is 78.2. The lowest BCUT2D eigenvalue weighted by atomic mass is 9.69. The zero-order valence-corrected chi connectivity index (χ0v) is 72.9. The van der Waals surface area contributed by atoms with Crippen molar-refractivity contribution in [1.29, 1.82) is 0 Å². The van der Waals surface area contributed by atoms with Crippen molar-refractivity contribution in [2.75, 3.05) is 11.6 Å². The number of aromatic nitrogens is 1. The van der Waals surface area contributed by atoms with Gasteiger partial charge in [0.05, 0.1) is 16.6 Å². The molecule has 4 nitrogen and oxygen atoms in total. The van der Waals surface area contributed by atoms with E-state index in [1.807, 2.05) is 0 Å². The first-order chi connectivity index (χ1) is 61.0. The molecule has 2 heterocycles. The van der Waals surface area contributed by atoms with Crippen molar-refractivity contribution in [2.24, 2.45) is 27.7 Å². The van der Waals surface area contributed by atoms with Crippen LogP contribution in [0.1, 0.15) is 156 Å². The van der Waals surface area contributed by atoms with Crippen molar-refractivity contribution >= 4 is 92.5 Å². The zero-order chi connectivity index (χ0) is 81.9. The molecule has 5 aliphatic carbocycles. The fourth-order valence-corrected chi connectivity index (χ4v) is 35.7. The van der Waals surface area contributed by atoms with Crippen molar-refractivity contribution in [3.8, 4) is 39.1 Å². The molecule has 1 aliphatic heterocycles. The summed E-state index contributed by atoms with van der Waals surface area (Å²) in [5.41, 5.74) is 26.3. The fraction of sp³-hybridized carbons (Fsp3) is 0.231. The standard InChI is InChI=1S/C117H110N4Si2/c1-11-31-84(32-12-1)86-55-67-97(68-56-86)120(98-69-57-87(58-70-98)85-51-53-94(54-52-85)115(93-37-17-4-18-38-93)114(91-33-13-2-14-34-91)92-35-15-3-16-36-92)113-80-77-108(116-117(113)119-83-118-116)90-59-71-99(72-60-90)121-111-78-65-95(88-61-73-106(74-62-88)122(100-39-19-5-20-40-100,101-41-21-6-22-42-101)102-43-23-7-24-44-102)81-109(111)110-82-96(66-79-112(110)121)89-63-75-107(76-64-89)123(103-45-25-8-26-46-103,104-47-27-9-28-48-104)105-49-29-10-30-50-105/h1-2,4-9,11-14,17-28,31-34,37-48,55-62,65,67-74,77-78,80-82,85,89,92,94,105,107H,3,10,15-16,29-30,35-36,49-54,63-64,66,75-76,79,83H2/b115-114-. The van der Waals surface area contributed by atoms with Crippen LogP contribution in [0.25, 0.3) is 67.2 Å². The Labute approximate surface area is 729 Å². The van der Waals surface area contributed by atoms with Gasteiger partial charge < -0.3 is 9.47 Å². The third-order valence-electron chi connectivity index (χ3n) is 29.7. The normalized spacial score (nSPS) is 18.5. The van der Waals surface area contributed by atoms with E-state index in [9.17, 15) is 0 Å². The van der Waals surface area contributed by atoms with Gasteiger partial charge in [-0.3, -0.25) is 9.98 Å². The van der Waals surface area contributed by atoms with Gasteiger partial charge >= 0.3 is 0 Å². The zero-order valence-electron chi connectivity index (χ0n) is 70.9. The van der Waals surface area contributed by atoms with Crippen LogP contribution in [0.2, 0.25) is 11.1 Å². The Balaban J connectivity index is 0.616. The van der Waals surface area contributed by atoms with Gasteiger partial charge in [0.15, 0.2) is 8.07 Å². The summed E-state index contributed by atoms with van der Waals surface area (Å²) in [7, 11) is -4.92. The predicted octanol–water partition coefficient (Wildman–Crippen LogP) is 25.6. The molecule has 1 aromatic heterocycles. The maximum atomic E-state index is 5.32. The first-order valence-corrected chi connectivity index (χ1v) is 50.5. The van der Waals surface area contributed by atoms with E-state index in [4.69, 9.17) is 9.98 Å². The van der Waals surface area contributed by atoms with Crippen LogP contribution in [0.4, 0.5) is 17.1 Å². The molecule has 6 heteroatoms.